The van der Waals surface area contributed by atoms with E-state index in [1.165, 1.54) is 18.2 Å². The Hall–Kier alpha value is -2.19. The maximum absolute atomic E-state index is 13.5. The van der Waals surface area contributed by atoms with Gasteiger partial charge in [0.25, 0.3) is 15.7 Å². The second kappa shape index (κ2) is 5.66. The second-order valence-electron chi connectivity index (χ2n) is 3.96. The molecule has 1 N–H and O–H groups in total. The minimum atomic E-state index is -4.24. The number of hydrogen-bond donors (Lipinski definition) is 1. The van der Waals surface area contributed by atoms with E-state index in [0.29, 0.717) is 0 Å². The Morgan fingerprint density at radius 2 is 1.86 bits per heavy atom. The molecule has 110 valence electrons. The lowest BCUT2D eigenvalue weighted by molar-refractivity contribution is -0.384. The van der Waals surface area contributed by atoms with Crippen LogP contribution in [-0.2, 0) is 10.0 Å². The van der Waals surface area contributed by atoms with Gasteiger partial charge >= 0.3 is 0 Å². The number of rotatable bonds is 4. The van der Waals surface area contributed by atoms with E-state index in [1.807, 2.05) is 4.72 Å². The average Bonchev–Trinajstić information content (AvgIpc) is 2.41. The SMILES string of the molecule is O=[N+]([O-])c1ccc(Cl)c(NS(=O)(=O)c2ccccc2F)c1. The Bertz CT molecular complexity index is 811. The number of nitrogens with zero attached hydrogens (tertiary/aromatic N) is 1. The van der Waals surface area contributed by atoms with Crippen molar-refractivity contribution in [3.63, 3.8) is 0 Å². The molecule has 9 heteroatoms. The molecule has 6 nitrogen and oxygen atoms in total. The van der Waals surface area contributed by atoms with Crippen LogP contribution in [0.3, 0.4) is 0 Å². The molecule has 0 amide bonds. The van der Waals surface area contributed by atoms with Crippen molar-refractivity contribution in [2.24, 2.45) is 0 Å². The van der Waals surface area contributed by atoms with Gasteiger partial charge in [-0.1, -0.05) is 23.7 Å². The zero-order valence-electron chi connectivity index (χ0n) is 10.3. The predicted molar refractivity (Wildman–Crippen MR) is 75.3 cm³/mol. The summed E-state index contributed by atoms with van der Waals surface area (Å²) in [6.45, 7) is 0. The van der Waals surface area contributed by atoms with Gasteiger partial charge in [0.05, 0.1) is 15.6 Å². The fraction of sp³-hybridized carbons (Fsp3) is 0. The second-order valence-corrected chi connectivity index (χ2v) is 6.02. The molecule has 0 bridgehead atoms. The fourth-order valence-electron chi connectivity index (χ4n) is 1.57. The molecule has 0 aliphatic carbocycles. The van der Waals surface area contributed by atoms with Crippen LogP contribution < -0.4 is 4.72 Å². The lowest BCUT2D eigenvalue weighted by Gasteiger charge is -2.10. The molecule has 0 radical (unpaired) electrons. The fourth-order valence-corrected chi connectivity index (χ4v) is 2.94. The summed E-state index contributed by atoms with van der Waals surface area (Å²) in [5, 5.41) is 10.6. The molecule has 2 aromatic carbocycles. The van der Waals surface area contributed by atoms with E-state index in [0.717, 1.165) is 24.3 Å². The van der Waals surface area contributed by atoms with Gasteiger partial charge in [-0.15, -0.1) is 0 Å². The normalized spacial score (nSPS) is 11.1. The largest absolute Gasteiger partial charge is 0.278 e. The quantitative estimate of drug-likeness (QED) is 0.688. The highest BCUT2D eigenvalue weighted by Crippen LogP contribution is 2.29. The number of sulfonamides is 1. The summed E-state index contributed by atoms with van der Waals surface area (Å²) in [7, 11) is -4.24. The first-order valence-electron chi connectivity index (χ1n) is 5.52. The van der Waals surface area contributed by atoms with E-state index < -0.39 is 25.7 Å². The molecule has 0 aliphatic rings. The Morgan fingerprint density at radius 1 is 1.19 bits per heavy atom. The van der Waals surface area contributed by atoms with Crippen molar-refractivity contribution in [1.29, 1.82) is 0 Å². The van der Waals surface area contributed by atoms with Crippen molar-refractivity contribution < 1.29 is 17.7 Å². The number of nitro benzene ring substituents is 1. The van der Waals surface area contributed by atoms with E-state index >= 15 is 0 Å². The van der Waals surface area contributed by atoms with E-state index in [-0.39, 0.29) is 16.4 Å². The van der Waals surface area contributed by atoms with Crippen LogP contribution in [0.25, 0.3) is 0 Å². The van der Waals surface area contributed by atoms with Gasteiger partial charge in [0, 0.05) is 12.1 Å². The molecule has 0 aliphatic heterocycles. The monoisotopic (exact) mass is 330 g/mol. The van der Waals surface area contributed by atoms with E-state index in [1.54, 1.807) is 0 Å². The topological polar surface area (TPSA) is 89.3 Å². The molecule has 2 aromatic rings. The third kappa shape index (κ3) is 3.29. The van der Waals surface area contributed by atoms with Crippen molar-refractivity contribution in [2.75, 3.05) is 4.72 Å². The number of nitro groups is 1. The molecule has 0 atom stereocenters. The molecule has 0 unspecified atom stereocenters. The zero-order valence-corrected chi connectivity index (χ0v) is 11.9. The van der Waals surface area contributed by atoms with E-state index in [2.05, 4.69) is 0 Å². The minimum absolute atomic E-state index is 0.0412. The van der Waals surface area contributed by atoms with Gasteiger partial charge in [0.2, 0.25) is 0 Å². The number of nitrogens with one attached hydrogen (secondary N) is 1. The lowest BCUT2D eigenvalue weighted by Crippen LogP contribution is -2.15. The van der Waals surface area contributed by atoms with Gasteiger partial charge < -0.3 is 0 Å². The molecule has 0 heterocycles. The number of benzene rings is 2. The highest BCUT2D eigenvalue weighted by Gasteiger charge is 2.21. The summed E-state index contributed by atoms with van der Waals surface area (Å²) < 4.78 is 39.7. The first-order valence-corrected chi connectivity index (χ1v) is 7.38. The summed E-state index contributed by atoms with van der Waals surface area (Å²) in [5.41, 5.74) is -0.542. The van der Waals surface area contributed by atoms with Crippen LogP contribution >= 0.6 is 11.6 Å². The van der Waals surface area contributed by atoms with Gasteiger partial charge in [-0.2, -0.15) is 0 Å². The Kier molecular flexibility index (Phi) is 4.10. The number of halogens is 2. The van der Waals surface area contributed by atoms with Crippen LogP contribution in [0.1, 0.15) is 0 Å². The standard InChI is InChI=1S/C12H8ClFN2O4S/c13-9-6-5-8(16(17)18)7-11(9)15-21(19,20)12-4-2-1-3-10(12)14/h1-7,15H. The van der Waals surface area contributed by atoms with E-state index in [9.17, 15) is 22.9 Å². The number of non-ortho nitro benzene ring substituents is 1. The lowest BCUT2D eigenvalue weighted by atomic mass is 10.3. The molecule has 0 saturated carbocycles. The summed E-state index contributed by atoms with van der Waals surface area (Å²) in [5.74, 6) is -0.938. The molecular formula is C12H8ClFN2O4S. The molecule has 0 spiro atoms. The van der Waals surface area contributed by atoms with E-state index in [4.69, 9.17) is 11.6 Å². The first kappa shape index (κ1) is 15.2. The third-order valence-electron chi connectivity index (χ3n) is 2.53. The molecule has 0 saturated heterocycles. The van der Waals surface area contributed by atoms with Crippen LogP contribution in [0.2, 0.25) is 5.02 Å². The van der Waals surface area contributed by atoms with Gasteiger partial charge in [0.1, 0.15) is 10.7 Å². The minimum Gasteiger partial charge on any atom is -0.278 e. The van der Waals surface area contributed by atoms with Crippen molar-refractivity contribution in [2.45, 2.75) is 4.90 Å². The maximum Gasteiger partial charge on any atom is 0.271 e. The first-order chi connectivity index (χ1) is 9.81. The van der Waals surface area contributed by atoms with Gasteiger partial charge in [-0.25, -0.2) is 12.8 Å². The van der Waals surface area contributed by atoms with Crippen LogP contribution in [0.5, 0.6) is 0 Å². The molecule has 2 rings (SSSR count). The zero-order chi connectivity index (χ0) is 15.6. The van der Waals surface area contributed by atoms with Crippen LogP contribution in [0.15, 0.2) is 47.4 Å². The summed E-state index contributed by atoms with van der Waals surface area (Å²) in [4.78, 5) is 9.41. The van der Waals surface area contributed by atoms with Gasteiger partial charge in [-0.05, 0) is 18.2 Å². The van der Waals surface area contributed by atoms with Gasteiger partial charge in [0.15, 0.2) is 0 Å². The number of hydrogen-bond acceptors (Lipinski definition) is 4. The average molecular weight is 331 g/mol. The highest BCUT2D eigenvalue weighted by atomic mass is 35.5. The summed E-state index contributed by atoms with van der Waals surface area (Å²) in [6.07, 6.45) is 0. The number of anilines is 1. The smallest absolute Gasteiger partial charge is 0.271 e. The summed E-state index contributed by atoms with van der Waals surface area (Å²) >= 11 is 5.79. The Labute approximate surface area is 124 Å². The van der Waals surface area contributed by atoms with Gasteiger partial charge in [-0.3, -0.25) is 14.8 Å². The molecular weight excluding hydrogens is 323 g/mol. The summed E-state index contributed by atoms with van der Waals surface area (Å²) in [6, 6.07) is 8.02. The third-order valence-corrected chi connectivity index (χ3v) is 4.26. The maximum atomic E-state index is 13.5. The Morgan fingerprint density at radius 3 is 2.48 bits per heavy atom. The van der Waals surface area contributed by atoms with Crippen molar-refractivity contribution in [3.05, 3.63) is 63.4 Å². The molecule has 0 fully saturated rings. The molecule has 21 heavy (non-hydrogen) atoms. The molecule has 0 aromatic heterocycles. The van der Waals surface area contributed by atoms with Crippen molar-refractivity contribution in [1.82, 2.24) is 0 Å². The van der Waals surface area contributed by atoms with Crippen molar-refractivity contribution >= 4 is 33.0 Å². The Balaban J connectivity index is 2.44. The van der Waals surface area contributed by atoms with Crippen LogP contribution in [0, 0.1) is 15.9 Å². The van der Waals surface area contributed by atoms with Crippen LogP contribution in [-0.4, -0.2) is 13.3 Å². The predicted octanol–water partition coefficient (Wildman–Crippen LogP) is 3.19. The van der Waals surface area contributed by atoms with Crippen molar-refractivity contribution in [3.8, 4) is 0 Å². The highest BCUT2D eigenvalue weighted by molar-refractivity contribution is 7.92. The van der Waals surface area contributed by atoms with Crippen LogP contribution in [0.4, 0.5) is 15.8 Å².